The van der Waals surface area contributed by atoms with Crippen molar-refractivity contribution < 1.29 is 32.9 Å². The van der Waals surface area contributed by atoms with E-state index in [1.54, 1.807) is 0 Å². The Morgan fingerprint density at radius 3 is 2.41 bits per heavy atom. The third kappa shape index (κ3) is 7.89. The van der Waals surface area contributed by atoms with Gasteiger partial charge in [-0.1, -0.05) is 30.1 Å². The number of carboxylic acids is 1. The van der Waals surface area contributed by atoms with Crippen LogP contribution in [0.25, 0.3) is 0 Å². The van der Waals surface area contributed by atoms with Crippen molar-refractivity contribution in [3.63, 3.8) is 0 Å². The molecule has 0 heterocycles. The number of rotatable bonds is 8. The minimum absolute atomic E-state index is 0.0599. The van der Waals surface area contributed by atoms with E-state index in [9.17, 15) is 28.2 Å². The van der Waals surface area contributed by atoms with Crippen LogP contribution in [0.3, 0.4) is 0 Å². The molecule has 0 aliphatic carbocycles. The highest BCUT2D eigenvalue weighted by molar-refractivity contribution is 5.88. The van der Waals surface area contributed by atoms with Crippen LogP contribution >= 0.6 is 0 Å². The largest absolute Gasteiger partial charge is 0.508 e. The van der Waals surface area contributed by atoms with Gasteiger partial charge in [-0.2, -0.15) is 13.2 Å². The number of phenolic OH excluding ortho intramolecular Hbond substituents is 1. The molecule has 0 spiro atoms. The summed E-state index contributed by atoms with van der Waals surface area (Å²) in [5.41, 5.74) is -0.254. The molecule has 0 aromatic heterocycles. The Morgan fingerprint density at radius 2 is 1.76 bits per heavy atom. The van der Waals surface area contributed by atoms with Gasteiger partial charge in [0.15, 0.2) is 0 Å². The lowest BCUT2D eigenvalue weighted by Gasteiger charge is -2.10. The maximum absolute atomic E-state index is 13.3. The Balaban J connectivity index is 2.29. The number of benzene rings is 2. The van der Waals surface area contributed by atoms with Crippen molar-refractivity contribution in [3.8, 4) is 17.6 Å². The molecule has 0 bridgehead atoms. The van der Waals surface area contributed by atoms with Gasteiger partial charge in [-0.25, -0.2) is 4.79 Å². The Kier molecular flexibility index (Phi) is 9.57. The summed E-state index contributed by atoms with van der Waals surface area (Å²) in [5, 5.41) is 18.7. The molecule has 0 radical (unpaired) electrons. The van der Waals surface area contributed by atoms with Gasteiger partial charge in [0.05, 0.1) is 17.7 Å². The van der Waals surface area contributed by atoms with Crippen molar-refractivity contribution in [3.05, 3.63) is 100 Å². The lowest BCUT2D eigenvalue weighted by atomic mass is 9.99. The van der Waals surface area contributed by atoms with Crippen LogP contribution in [0.15, 0.2) is 72.5 Å². The molecule has 2 aromatic rings. The van der Waals surface area contributed by atoms with E-state index in [1.165, 1.54) is 18.2 Å². The first kappa shape index (κ1) is 26.3. The number of ether oxygens (including phenoxy) is 1. The molecule has 0 aliphatic heterocycles. The molecule has 7 heteroatoms. The van der Waals surface area contributed by atoms with Gasteiger partial charge < -0.3 is 14.9 Å². The molecule has 0 fully saturated rings. The predicted octanol–water partition coefficient (Wildman–Crippen LogP) is 6.49. The van der Waals surface area contributed by atoms with E-state index >= 15 is 0 Å². The summed E-state index contributed by atoms with van der Waals surface area (Å²) in [6.07, 6.45) is 5.47. The molecule has 4 nitrogen and oxygen atoms in total. The highest BCUT2D eigenvalue weighted by Crippen LogP contribution is 2.33. The van der Waals surface area contributed by atoms with Gasteiger partial charge in [0.25, 0.3) is 0 Å². The molecule has 2 rings (SSSR count). The number of aryl methyl sites for hydroxylation is 1. The first-order chi connectivity index (χ1) is 16.2. The van der Waals surface area contributed by atoms with Gasteiger partial charge in [-0.15, -0.1) is 0 Å². The van der Waals surface area contributed by atoms with Gasteiger partial charge in [0.1, 0.15) is 11.5 Å². The van der Waals surface area contributed by atoms with Gasteiger partial charge in [0.2, 0.25) is 0 Å². The lowest BCUT2D eigenvalue weighted by molar-refractivity contribution is -0.137. The van der Waals surface area contributed by atoms with Crippen molar-refractivity contribution in [1.29, 1.82) is 0 Å². The zero-order chi connectivity index (χ0) is 25.1. The summed E-state index contributed by atoms with van der Waals surface area (Å²) < 4.78 is 45.7. The minimum atomic E-state index is -4.68. The molecule has 0 unspecified atom stereocenters. The van der Waals surface area contributed by atoms with Crippen LogP contribution in [0, 0.1) is 11.8 Å². The predicted molar refractivity (Wildman–Crippen MR) is 124 cm³/mol. The van der Waals surface area contributed by atoms with Gasteiger partial charge in [-0.05, 0) is 80.8 Å². The molecule has 2 N–H and O–H groups in total. The fourth-order valence-corrected chi connectivity index (χ4v) is 3.03. The number of aromatic carboxylic acids is 1. The summed E-state index contributed by atoms with van der Waals surface area (Å²) in [6, 6.07) is 7.17. The van der Waals surface area contributed by atoms with Crippen molar-refractivity contribution in [2.24, 2.45) is 0 Å². The first-order valence-corrected chi connectivity index (χ1v) is 10.5. The monoisotopic (exact) mass is 470 g/mol. The number of hydrogen-bond donors (Lipinski definition) is 2. The number of aromatic hydroxyl groups is 1. The van der Waals surface area contributed by atoms with E-state index in [4.69, 9.17) is 4.74 Å². The molecule has 0 saturated heterocycles. The second kappa shape index (κ2) is 12.4. The van der Waals surface area contributed by atoms with Crippen molar-refractivity contribution >= 4 is 5.97 Å². The van der Waals surface area contributed by atoms with Gasteiger partial charge in [-0.3, -0.25) is 0 Å². The van der Waals surface area contributed by atoms with E-state index in [-0.39, 0.29) is 11.1 Å². The van der Waals surface area contributed by atoms with E-state index in [0.717, 1.165) is 12.1 Å². The Hall–Kier alpha value is -3.92. The molecule has 178 valence electrons. The standard InChI is InChI=1S/C27H25F3O4/c1-3-5-9-24(7-4-2)34-16-6-8-21-17-22(26(32)33)13-11-19(21)10-12-20-14-15-23(31)18-25(20)27(28,29)30/h3-5,7,9,11,13-15,17-18,31H,6,8,16H2,1-2H3,(H,32,33)/b5-3-,7-4-,24-9+. The number of allylic oxidation sites excluding steroid dienone is 5. The summed E-state index contributed by atoms with van der Waals surface area (Å²) >= 11 is 0. The molecule has 0 atom stereocenters. The third-order valence-corrected chi connectivity index (χ3v) is 4.64. The van der Waals surface area contributed by atoms with Crippen LogP contribution in [0.2, 0.25) is 0 Å². The quantitative estimate of drug-likeness (QED) is 0.200. The van der Waals surface area contributed by atoms with E-state index in [2.05, 4.69) is 11.8 Å². The highest BCUT2D eigenvalue weighted by atomic mass is 19.4. The Bertz CT molecular complexity index is 1160. The number of carbonyl (C=O) groups is 1. The SMILES string of the molecule is C\C=C/C=C(\C=C/C)OCCCc1cc(C(=O)O)ccc1C#Cc1ccc(O)cc1C(F)(F)F. The van der Waals surface area contributed by atoms with E-state index < -0.39 is 23.5 Å². The molecule has 0 amide bonds. The second-order valence-electron chi connectivity index (χ2n) is 7.20. The highest BCUT2D eigenvalue weighted by Gasteiger charge is 2.33. The minimum Gasteiger partial charge on any atom is -0.508 e. The van der Waals surface area contributed by atoms with Crippen LogP contribution in [-0.4, -0.2) is 22.8 Å². The van der Waals surface area contributed by atoms with E-state index in [1.807, 2.05) is 44.2 Å². The van der Waals surface area contributed by atoms with Crippen molar-refractivity contribution in [2.75, 3.05) is 6.61 Å². The Morgan fingerprint density at radius 1 is 1.06 bits per heavy atom. The van der Waals surface area contributed by atoms with Crippen LogP contribution in [0.1, 0.15) is 52.9 Å². The zero-order valence-electron chi connectivity index (χ0n) is 18.8. The normalized spacial score (nSPS) is 12.1. The smallest absolute Gasteiger partial charge is 0.417 e. The summed E-state index contributed by atoms with van der Waals surface area (Å²) in [4.78, 5) is 11.4. The average Bonchev–Trinajstić information content (AvgIpc) is 2.79. The second-order valence-corrected chi connectivity index (χ2v) is 7.20. The zero-order valence-corrected chi connectivity index (χ0v) is 18.8. The molecule has 2 aromatic carbocycles. The maximum Gasteiger partial charge on any atom is 0.417 e. The lowest BCUT2D eigenvalue weighted by Crippen LogP contribution is -2.07. The fourth-order valence-electron chi connectivity index (χ4n) is 3.03. The topological polar surface area (TPSA) is 66.8 Å². The first-order valence-electron chi connectivity index (χ1n) is 10.5. The summed E-state index contributed by atoms with van der Waals surface area (Å²) in [7, 11) is 0. The van der Waals surface area contributed by atoms with Crippen molar-refractivity contribution in [1.82, 2.24) is 0 Å². The Labute approximate surface area is 196 Å². The van der Waals surface area contributed by atoms with Crippen LogP contribution in [0.5, 0.6) is 5.75 Å². The molecule has 0 aliphatic rings. The molecule has 0 saturated carbocycles. The number of hydrogen-bond acceptors (Lipinski definition) is 3. The van der Waals surface area contributed by atoms with Crippen molar-refractivity contribution in [2.45, 2.75) is 32.9 Å². The molecular formula is C27H25F3O4. The summed E-state index contributed by atoms with van der Waals surface area (Å²) in [5.74, 6) is 4.30. The van der Waals surface area contributed by atoms with Crippen LogP contribution in [-0.2, 0) is 17.3 Å². The fraction of sp³-hybridized carbons (Fsp3) is 0.222. The van der Waals surface area contributed by atoms with E-state index in [0.29, 0.717) is 42.4 Å². The van der Waals surface area contributed by atoms with Crippen LogP contribution in [0.4, 0.5) is 13.2 Å². The van der Waals surface area contributed by atoms with Gasteiger partial charge >= 0.3 is 12.1 Å². The van der Waals surface area contributed by atoms with Crippen LogP contribution < -0.4 is 0 Å². The number of halogens is 3. The molecule has 34 heavy (non-hydrogen) atoms. The maximum atomic E-state index is 13.3. The van der Waals surface area contributed by atoms with Gasteiger partial charge in [0, 0.05) is 11.1 Å². The number of alkyl halides is 3. The molecular weight excluding hydrogens is 445 g/mol. The third-order valence-electron chi connectivity index (χ3n) is 4.64. The number of carboxylic acid groups (broad SMARTS) is 1. The average molecular weight is 470 g/mol. The number of phenols is 1. The summed E-state index contributed by atoms with van der Waals surface area (Å²) in [6.45, 7) is 4.11.